The summed E-state index contributed by atoms with van der Waals surface area (Å²) >= 11 is 0. The first kappa shape index (κ1) is 16.8. The molecular weight excluding hydrogens is 348 g/mol. The van der Waals surface area contributed by atoms with E-state index in [1.165, 1.54) is 11.6 Å². The minimum atomic E-state index is -0.513. The standard InChI is InChI=1S/C18H16N6O3/c1-11-3-5-14-13(9-11)4-6-15(19-14)18-21-20-17(27-18)7-8-23-12(2)10-16(22-23)24(25)26/h3-6,9-10H,7-8H2,1-2H3. The van der Waals surface area contributed by atoms with Crippen molar-refractivity contribution in [3.63, 3.8) is 0 Å². The highest BCUT2D eigenvalue weighted by molar-refractivity contribution is 5.81. The van der Waals surface area contributed by atoms with Crippen LogP contribution in [0.25, 0.3) is 22.5 Å². The topological polar surface area (TPSA) is 113 Å². The fraction of sp³-hybridized carbons (Fsp3) is 0.222. The Labute approximate surface area is 153 Å². The highest BCUT2D eigenvalue weighted by Crippen LogP contribution is 2.21. The summed E-state index contributed by atoms with van der Waals surface area (Å²) in [5, 5.41) is 23.9. The van der Waals surface area contributed by atoms with E-state index in [0.717, 1.165) is 10.9 Å². The summed E-state index contributed by atoms with van der Waals surface area (Å²) in [6.45, 7) is 4.21. The normalized spacial score (nSPS) is 11.2. The maximum absolute atomic E-state index is 10.8. The average molecular weight is 364 g/mol. The number of aromatic nitrogens is 5. The fourth-order valence-corrected chi connectivity index (χ4v) is 2.83. The van der Waals surface area contributed by atoms with E-state index in [4.69, 9.17) is 4.42 Å². The van der Waals surface area contributed by atoms with Crippen molar-refractivity contribution in [2.75, 3.05) is 0 Å². The molecule has 4 aromatic rings. The lowest BCUT2D eigenvalue weighted by atomic mass is 10.1. The maximum Gasteiger partial charge on any atom is 0.390 e. The van der Waals surface area contributed by atoms with Crippen molar-refractivity contribution in [1.29, 1.82) is 0 Å². The van der Waals surface area contributed by atoms with Crippen LogP contribution < -0.4 is 0 Å². The van der Waals surface area contributed by atoms with Crippen LogP contribution in [0.2, 0.25) is 0 Å². The third-order valence-electron chi connectivity index (χ3n) is 4.22. The molecule has 0 unspecified atom stereocenters. The molecular formula is C18H16N6O3. The zero-order valence-corrected chi connectivity index (χ0v) is 14.8. The molecule has 136 valence electrons. The van der Waals surface area contributed by atoms with Crippen molar-refractivity contribution in [3.05, 3.63) is 63.7 Å². The molecule has 9 nitrogen and oxygen atoms in total. The largest absolute Gasteiger partial charge is 0.419 e. The second kappa shape index (κ2) is 6.60. The summed E-state index contributed by atoms with van der Waals surface area (Å²) in [7, 11) is 0. The Hall–Kier alpha value is -3.62. The summed E-state index contributed by atoms with van der Waals surface area (Å²) in [6.07, 6.45) is 0.416. The molecule has 1 aromatic carbocycles. The molecule has 0 fully saturated rings. The van der Waals surface area contributed by atoms with Crippen molar-refractivity contribution in [2.24, 2.45) is 0 Å². The zero-order valence-electron chi connectivity index (χ0n) is 14.8. The Morgan fingerprint density at radius 3 is 2.78 bits per heavy atom. The highest BCUT2D eigenvalue weighted by atomic mass is 16.6. The van der Waals surface area contributed by atoms with Gasteiger partial charge in [0.2, 0.25) is 5.89 Å². The molecule has 0 bridgehead atoms. The van der Waals surface area contributed by atoms with Crippen LogP contribution >= 0.6 is 0 Å². The lowest BCUT2D eigenvalue weighted by molar-refractivity contribution is -0.389. The lowest BCUT2D eigenvalue weighted by Crippen LogP contribution is -2.05. The molecule has 0 saturated heterocycles. The SMILES string of the molecule is Cc1ccc2nc(-c3nnc(CCn4nc([N+](=O)[O-])cc4C)o3)ccc2c1. The monoisotopic (exact) mass is 364 g/mol. The quantitative estimate of drug-likeness (QED) is 0.394. The van der Waals surface area contributed by atoms with Gasteiger partial charge in [0.1, 0.15) is 5.69 Å². The third-order valence-corrected chi connectivity index (χ3v) is 4.22. The highest BCUT2D eigenvalue weighted by Gasteiger charge is 2.16. The number of hydrogen-bond donors (Lipinski definition) is 0. The van der Waals surface area contributed by atoms with E-state index in [0.29, 0.717) is 36.1 Å². The van der Waals surface area contributed by atoms with E-state index in [-0.39, 0.29) is 5.82 Å². The molecule has 0 atom stereocenters. The van der Waals surface area contributed by atoms with Crippen LogP contribution in [0.15, 0.2) is 40.8 Å². The molecule has 0 aliphatic rings. The zero-order chi connectivity index (χ0) is 19.0. The predicted octanol–water partition coefficient (Wildman–Crippen LogP) is 3.25. The second-order valence-corrected chi connectivity index (χ2v) is 6.27. The minimum Gasteiger partial charge on any atom is -0.419 e. The number of benzene rings is 1. The number of aryl methyl sites for hydroxylation is 4. The molecule has 0 aliphatic heterocycles. The summed E-state index contributed by atoms with van der Waals surface area (Å²) in [6, 6.07) is 11.3. The Morgan fingerprint density at radius 1 is 1.15 bits per heavy atom. The van der Waals surface area contributed by atoms with Gasteiger partial charge in [-0.05, 0) is 37.0 Å². The molecule has 0 N–H and O–H groups in total. The molecule has 3 heterocycles. The number of pyridine rings is 1. The van der Waals surface area contributed by atoms with Crippen LogP contribution in [0.1, 0.15) is 17.1 Å². The average Bonchev–Trinajstić information content (AvgIpc) is 3.26. The molecule has 0 saturated carbocycles. The van der Waals surface area contributed by atoms with E-state index in [1.54, 1.807) is 11.6 Å². The predicted molar refractivity (Wildman–Crippen MR) is 97.1 cm³/mol. The smallest absolute Gasteiger partial charge is 0.390 e. The van der Waals surface area contributed by atoms with Crippen molar-refractivity contribution < 1.29 is 9.34 Å². The van der Waals surface area contributed by atoms with Gasteiger partial charge in [0.25, 0.3) is 5.89 Å². The molecule has 0 spiro atoms. The van der Waals surface area contributed by atoms with Crippen LogP contribution in [-0.4, -0.2) is 29.9 Å². The number of nitrogens with zero attached hydrogens (tertiary/aromatic N) is 6. The molecule has 27 heavy (non-hydrogen) atoms. The Bertz CT molecular complexity index is 1150. The van der Waals surface area contributed by atoms with Crippen LogP contribution in [-0.2, 0) is 13.0 Å². The van der Waals surface area contributed by atoms with Crippen LogP contribution in [0.3, 0.4) is 0 Å². The molecule has 3 aromatic heterocycles. The summed E-state index contributed by atoms with van der Waals surface area (Å²) in [4.78, 5) is 14.8. The first-order valence-electron chi connectivity index (χ1n) is 8.38. The summed E-state index contributed by atoms with van der Waals surface area (Å²) in [5.74, 6) is 0.596. The van der Waals surface area contributed by atoms with Crippen molar-refractivity contribution in [2.45, 2.75) is 26.8 Å². The maximum atomic E-state index is 10.8. The number of nitro groups is 1. The van der Waals surface area contributed by atoms with Gasteiger partial charge in [-0.3, -0.25) is 0 Å². The van der Waals surface area contributed by atoms with Crippen molar-refractivity contribution >= 4 is 16.7 Å². The van der Waals surface area contributed by atoms with E-state index in [1.807, 2.05) is 31.2 Å². The second-order valence-electron chi connectivity index (χ2n) is 6.27. The van der Waals surface area contributed by atoms with Gasteiger partial charge in [-0.15, -0.1) is 10.2 Å². The van der Waals surface area contributed by atoms with Gasteiger partial charge in [-0.1, -0.05) is 17.7 Å². The van der Waals surface area contributed by atoms with Crippen molar-refractivity contribution in [1.82, 2.24) is 25.0 Å². The van der Waals surface area contributed by atoms with Crippen LogP contribution in [0.5, 0.6) is 0 Å². The van der Waals surface area contributed by atoms with Gasteiger partial charge in [0.15, 0.2) is 0 Å². The fourth-order valence-electron chi connectivity index (χ4n) is 2.83. The first-order chi connectivity index (χ1) is 13.0. The molecule has 9 heteroatoms. The molecule has 4 rings (SSSR count). The molecule has 0 aliphatic carbocycles. The Kier molecular flexibility index (Phi) is 4.11. The minimum absolute atomic E-state index is 0.172. The summed E-state index contributed by atoms with van der Waals surface area (Å²) < 4.78 is 7.25. The van der Waals surface area contributed by atoms with Gasteiger partial charge in [-0.25, -0.2) is 4.98 Å². The number of rotatable bonds is 5. The number of fused-ring (bicyclic) bond motifs is 1. The van der Waals surface area contributed by atoms with Gasteiger partial charge in [0, 0.05) is 11.8 Å². The van der Waals surface area contributed by atoms with Gasteiger partial charge in [-0.2, -0.15) is 4.68 Å². The number of hydrogen-bond acceptors (Lipinski definition) is 7. The summed E-state index contributed by atoms with van der Waals surface area (Å²) in [5.41, 5.74) is 3.34. The lowest BCUT2D eigenvalue weighted by Gasteiger charge is -2.00. The molecule has 0 radical (unpaired) electrons. The Balaban J connectivity index is 1.52. The third kappa shape index (κ3) is 3.39. The Morgan fingerprint density at radius 2 is 2.00 bits per heavy atom. The van der Waals surface area contributed by atoms with Crippen LogP contribution in [0.4, 0.5) is 5.82 Å². The van der Waals surface area contributed by atoms with E-state index >= 15 is 0 Å². The van der Waals surface area contributed by atoms with Gasteiger partial charge >= 0.3 is 5.82 Å². The van der Waals surface area contributed by atoms with Gasteiger partial charge in [0.05, 0.1) is 28.9 Å². The van der Waals surface area contributed by atoms with E-state index in [2.05, 4.69) is 26.3 Å². The van der Waals surface area contributed by atoms with Crippen molar-refractivity contribution in [3.8, 4) is 11.6 Å². The molecule has 0 amide bonds. The van der Waals surface area contributed by atoms with E-state index < -0.39 is 4.92 Å². The first-order valence-corrected chi connectivity index (χ1v) is 8.38. The van der Waals surface area contributed by atoms with Crippen LogP contribution in [0, 0.1) is 24.0 Å². The van der Waals surface area contributed by atoms with Gasteiger partial charge < -0.3 is 14.5 Å². The van der Waals surface area contributed by atoms with E-state index in [9.17, 15) is 10.1 Å².